The van der Waals surface area contributed by atoms with Gasteiger partial charge in [-0.1, -0.05) is 6.07 Å². The second-order valence-electron chi connectivity index (χ2n) is 2.82. The Kier molecular flexibility index (Phi) is 1.62. The standard InChI is InChI=1S/C9H12NO/c1-8-10-6-3-2-4-9(10)5-7-11-8/h2-4,6,8H,5,7H2,1H3/q+1/t8-/m0/s1. The summed E-state index contributed by atoms with van der Waals surface area (Å²) in [5.74, 6) is 0. The van der Waals surface area contributed by atoms with Crippen LogP contribution in [0.15, 0.2) is 24.4 Å². The molecule has 0 unspecified atom stereocenters. The molecule has 11 heavy (non-hydrogen) atoms. The van der Waals surface area contributed by atoms with E-state index in [-0.39, 0.29) is 6.23 Å². The van der Waals surface area contributed by atoms with Crippen LogP contribution in [0.5, 0.6) is 0 Å². The molecule has 2 heterocycles. The maximum absolute atomic E-state index is 5.47. The molecular weight excluding hydrogens is 138 g/mol. The van der Waals surface area contributed by atoms with E-state index < -0.39 is 0 Å². The van der Waals surface area contributed by atoms with Gasteiger partial charge in [-0.05, 0) is 0 Å². The SMILES string of the molecule is C[C@@H]1OCCc2cccc[n+]21. The van der Waals surface area contributed by atoms with Gasteiger partial charge in [0, 0.05) is 19.1 Å². The Labute approximate surface area is 66.4 Å². The molecule has 0 fully saturated rings. The fourth-order valence-electron chi connectivity index (χ4n) is 1.47. The maximum Gasteiger partial charge on any atom is 0.259 e. The Morgan fingerprint density at radius 1 is 1.55 bits per heavy atom. The molecule has 0 aliphatic carbocycles. The lowest BCUT2D eigenvalue weighted by Crippen LogP contribution is -2.46. The van der Waals surface area contributed by atoms with E-state index in [1.165, 1.54) is 5.69 Å². The lowest BCUT2D eigenvalue weighted by atomic mass is 10.2. The third-order valence-corrected chi connectivity index (χ3v) is 2.09. The first-order valence-corrected chi connectivity index (χ1v) is 3.98. The highest BCUT2D eigenvalue weighted by Crippen LogP contribution is 2.07. The van der Waals surface area contributed by atoms with Crippen molar-refractivity contribution in [3.05, 3.63) is 30.1 Å². The van der Waals surface area contributed by atoms with Crippen molar-refractivity contribution < 1.29 is 9.30 Å². The quantitative estimate of drug-likeness (QED) is 0.504. The number of hydrogen-bond donors (Lipinski definition) is 0. The molecule has 1 aromatic heterocycles. The minimum Gasteiger partial charge on any atom is -0.321 e. The summed E-state index contributed by atoms with van der Waals surface area (Å²) >= 11 is 0. The van der Waals surface area contributed by atoms with Crippen molar-refractivity contribution in [3.63, 3.8) is 0 Å². The van der Waals surface area contributed by atoms with Crippen LogP contribution in [0, 0.1) is 0 Å². The monoisotopic (exact) mass is 150 g/mol. The predicted molar refractivity (Wildman–Crippen MR) is 41.0 cm³/mol. The van der Waals surface area contributed by atoms with Gasteiger partial charge in [0.25, 0.3) is 6.23 Å². The molecule has 1 atom stereocenters. The molecule has 2 heteroatoms. The van der Waals surface area contributed by atoms with Crippen LogP contribution < -0.4 is 4.57 Å². The molecule has 58 valence electrons. The molecule has 1 aliphatic heterocycles. The van der Waals surface area contributed by atoms with E-state index in [0.717, 1.165) is 13.0 Å². The van der Waals surface area contributed by atoms with Crippen LogP contribution in [0.25, 0.3) is 0 Å². The summed E-state index contributed by atoms with van der Waals surface area (Å²) in [5.41, 5.74) is 1.37. The predicted octanol–water partition coefficient (Wildman–Crippen LogP) is 1.07. The Hall–Kier alpha value is -0.890. The van der Waals surface area contributed by atoms with Crippen molar-refractivity contribution in [2.45, 2.75) is 19.6 Å². The van der Waals surface area contributed by atoms with E-state index in [9.17, 15) is 0 Å². The molecule has 1 aliphatic rings. The first-order chi connectivity index (χ1) is 5.38. The van der Waals surface area contributed by atoms with E-state index in [1.807, 2.05) is 6.07 Å². The van der Waals surface area contributed by atoms with Crippen molar-refractivity contribution in [1.29, 1.82) is 0 Å². The van der Waals surface area contributed by atoms with Gasteiger partial charge in [0.05, 0.1) is 13.0 Å². The van der Waals surface area contributed by atoms with Gasteiger partial charge in [0.2, 0.25) is 0 Å². The van der Waals surface area contributed by atoms with Gasteiger partial charge in [0.15, 0.2) is 11.9 Å². The van der Waals surface area contributed by atoms with Crippen LogP contribution >= 0.6 is 0 Å². The minimum atomic E-state index is 0.208. The molecular formula is C9H12NO+. The molecule has 0 N–H and O–H groups in total. The van der Waals surface area contributed by atoms with Crippen LogP contribution in [-0.4, -0.2) is 6.61 Å². The third-order valence-electron chi connectivity index (χ3n) is 2.09. The van der Waals surface area contributed by atoms with E-state index in [0.29, 0.717) is 0 Å². The van der Waals surface area contributed by atoms with Gasteiger partial charge in [-0.3, -0.25) is 0 Å². The first-order valence-electron chi connectivity index (χ1n) is 3.98. The molecule has 2 nitrogen and oxygen atoms in total. The highest BCUT2D eigenvalue weighted by Gasteiger charge is 2.22. The molecule has 0 amide bonds. The van der Waals surface area contributed by atoms with Crippen molar-refractivity contribution >= 4 is 0 Å². The van der Waals surface area contributed by atoms with Crippen molar-refractivity contribution in [3.8, 4) is 0 Å². The molecule has 0 bridgehead atoms. The largest absolute Gasteiger partial charge is 0.321 e. The molecule has 0 saturated carbocycles. The molecule has 2 rings (SSSR count). The first kappa shape index (κ1) is 6.80. The number of pyridine rings is 1. The van der Waals surface area contributed by atoms with E-state index in [4.69, 9.17) is 4.74 Å². The van der Waals surface area contributed by atoms with Gasteiger partial charge in [0.1, 0.15) is 0 Å². The summed E-state index contributed by atoms with van der Waals surface area (Å²) in [4.78, 5) is 0. The number of nitrogens with zero attached hydrogens (tertiary/aromatic N) is 1. The summed E-state index contributed by atoms with van der Waals surface area (Å²) in [5, 5.41) is 0. The Morgan fingerprint density at radius 3 is 3.27 bits per heavy atom. The second-order valence-corrected chi connectivity index (χ2v) is 2.82. The Bertz CT molecular complexity index is 259. The van der Waals surface area contributed by atoms with Crippen LogP contribution in [0.4, 0.5) is 0 Å². The number of aromatic nitrogens is 1. The highest BCUT2D eigenvalue weighted by molar-refractivity contribution is 4.98. The summed E-state index contributed by atoms with van der Waals surface area (Å²) in [6, 6.07) is 6.26. The zero-order valence-electron chi connectivity index (χ0n) is 6.66. The second kappa shape index (κ2) is 2.62. The molecule has 1 aromatic rings. The van der Waals surface area contributed by atoms with Gasteiger partial charge in [-0.25, -0.2) is 0 Å². The topological polar surface area (TPSA) is 13.1 Å². The van der Waals surface area contributed by atoms with Crippen LogP contribution in [-0.2, 0) is 11.2 Å². The average molecular weight is 150 g/mol. The molecule has 0 aromatic carbocycles. The number of hydrogen-bond acceptors (Lipinski definition) is 1. The Morgan fingerprint density at radius 2 is 2.45 bits per heavy atom. The Balaban J connectivity index is 2.44. The summed E-state index contributed by atoms with van der Waals surface area (Å²) < 4.78 is 7.64. The normalized spacial score (nSPS) is 22.8. The number of ether oxygens (including phenoxy) is 1. The molecule has 0 radical (unpaired) electrons. The zero-order valence-corrected chi connectivity index (χ0v) is 6.66. The van der Waals surface area contributed by atoms with Gasteiger partial charge >= 0.3 is 0 Å². The molecule has 0 saturated heterocycles. The summed E-state index contributed by atoms with van der Waals surface area (Å²) in [7, 11) is 0. The summed E-state index contributed by atoms with van der Waals surface area (Å²) in [6.07, 6.45) is 3.31. The van der Waals surface area contributed by atoms with Crippen molar-refractivity contribution in [2.75, 3.05) is 6.61 Å². The van der Waals surface area contributed by atoms with Crippen LogP contribution in [0.2, 0.25) is 0 Å². The highest BCUT2D eigenvalue weighted by atomic mass is 16.5. The third kappa shape index (κ3) is 1.14. The fourth-order valence-corrected chi connectivity index (χ4v) is 1.47. The van der Waals surface area contributed by atoms with Gasteiger partial charge < -0.3 is 4.74 Å². The fraction of sp³-hybridized carbons (Fsp3) is 0.444. The average Bonchev–Trinajstić information content (AvgIpc) is 2.06. The van der Waals surface area contributed by atoms with Gasteiger partial charge in [-0.2, -0.15) is 4.57 Å². The van der Waals surface area contributed by atoms with E-state index in [1.54, 1.807) is 0 Å². The maximum atomic E-state index is 5.47. The lowest BCUT2D eigenvalue weighted by Gasteiger charge is -2.15. The summed E-state index contributed by atoms with van der Waals surface area (Å²) in [6.45, 7) is 2.92. The van der Waals surface area contributed by atoms with Crippen molar-refractivity contribution in [2.24, 2.45) is 0 Å². The van der Waals surface area contributed by atoms with E-state index in [2.05, 4.69) is 29.8 Å². The molecule has 0 spiro atoms. The number of rotatable bonds is 0. The van der Waals surface area contributed by atoms with Crippen molar-refractivity contribution in [1.82, 2.24) is 0 Å². The zero-order chi connectivity index (χ0) is 7.68. The number of fused-ring (bicyclic) bond motifs is 1. The van der Waals surface area contributed by atoms with Crippen LogP contribution in [0.1, 0.15) is 18.8 Å². The lowest BCUT2D eigenvalue weighted by molar-refractivity contribution is -0.772. The van der Waals surface area contributed by atoms with E-state index >= 15 is 0 Å². The smallest absolute Gasteiger partial charge is 0.259 e. The minimum absolute atomic E-state index is 0.208. The van der Waals surface area contributed by atoms with Crippen LogP contribution in [0.3, 0.4) is 0 Å². The van der Waals surface area contributed by atoms with Gasteiger partial charge in [-0.15, -0.1) is 0 Å².